The lowest BCUT2D eigenvalue weighted by molar-refractivity contribution is 0.199. The van der Waals surface area contributed by atoms with E-state index in [1.54, 1.807) is 7.11 Å². The molecular weight excluding hydrogens is 250 g/mol. The number of aryl methyl sites for hydroxylation is 1. The van der Waals surface area contributed by atoms with Crippen molar-refractivity contribution in [1.29, 1.82) is 0 Å². The second-order valence-corrected chi connectivity index (χ2v) is 5.36. The fraction of sp³-hybridized carbons (Fsp3) is 0.812. The number of nitrogens with one attached hydrogen (secondary N) is 1. The highest BCUT2D eigenvalue weighted by atomic mass is 16.5. The predicted octanol–water partition coefficient (Wildman–Crippen LogP) is 3.37. The molecule has 0 radical (unpaired) electrons. The highest BCUT2D eigenvalue weighted by molar-refractivity contribution is 4.98. The van der Waals surface area contributed by atoms with E-state index < -0.39 is 0 Å². The summed E-state index contributed by atoms with van der Waals surface area (Å²) in [6, 6.07) is 2.10. The molecule has 0 saturated carbocycles. The third kappa shape index (κ3) is 8.33. The van der Waals surface area contributed by atoms with Crippen molar-refractivity contribution in [2.24, 2.45) is 0 Å². The van der Waals surface area contributed by atoms with Gasteiger partial charge in [0, 0.05) is 32.9 Å². The summed E-state index contributed by atoms with van der Waals surface area (Å²) in [6.07, 6.45) is 11.5. The van der Waals surface area contributed by atoms with Crippen molar-refractivity contribution in [1.82, 2.24) is 15.1 Å². The Bertz CT molecular complexity index is 325. The van der Waals surface area contributed by atoms with Gasteiger partial charge in [-0.05, 0) is 12.5 Å². The van der Waals surface area contributed by atoms with Crippen LogP contribution in [0.2, 0.25) is 0 Å². The number of rotatable bonds is 13. The predicted molar refractivity (Wildman–Crippen MR) is 83.8 cm³/mol. The third-order valence-corrected chi connectivity index (χ3v) is 3.48. The van der Waals surface area contributed by atoms with Crippen LogP contribution in [0.5, 0.6) is 0 Å². The molecule has 0 spiro atoms. The van der Waals surface area contributed by atoms with E-state index >= 15 is 0 Å². The van der Waals surface area contributed by atoms with Gasteiger partial charge >= 0.3 is 0 Å². The lowest BCUT2D eigenvalue weighted by Crippen LogP contribution is -2.19. The Kier molecular flexibility index (Phi) is 10.2. The summed E-state index contributed by atoms with van der Waals surface area (Å²) in [5.74, 6) is 0. The van der Waals surface area contributed by atoms with Crippen LogP contribution in [-0.2, 0) is 17.8 Å². The number of aromatic nitrogens is 2. The molecule has 20 heavy (non-hydrogen) atoms. The summed E-state index contributed by atoms with van der Waals surface area (Å²) in [5, 5.41) is 7.88. The number of hydrogen-bond acceptors (Lipinski definition) is 3. The van der Waals surface area contributed by atoms with E-state index in [2.05, 4.69) is 34.3 Å². The first-order chi connectivity index (χ1) is 9.86. The van der Waals surface area contributed by atoms with Gasteiger partial charge in [0.05, 0.1) is 12.3 Å². The van der Waals surface area contributed by atoms with Crippen molar-refractivity contribution in [2.45, 2.75) is 65.0 Å². The fourth-order valence-corrected chi connectivity index (χ4v) is 2.24. The van der Waals surface area contributed by atoms with Crippen molar-refractivity contribution in [3.05, 3.63) is 18.0 Å². The molecule has 1 N–H and O–H groups in total. The topological polar surface area (TPSA) is 39.1 Å². The molecule has 1 aromatic heterocycles. The molecule has 0 aliphatic heterocycles. The molecule has 1 aromatic rings. The van der Waals surface area contributed by atoms with E-state index in [4.69, 9.17) is 4.74 Å². The van der Waals surface area contributed by atoms with Crippen LogP contribution in [0.25, 0.3) is 0 Å². The Morgan fingerprint density at radius 3 is 2.65 bits per heavy atom. The van der Waals surface area contributed by atoms with Crippen LogP contribution in [-0.4, -0.2) is 30.0 Å². The first-order valence-electron chi connectivity index (χ1n) is 8.08. The van der Waals surface area contributed by atoms with Gasteiger partial charge in [0.1, 0.15) is 0 Å². The van der Waals surface area contributed by atoms with E-state index in [1.165, 1.54) is 44.9 Å². The van der Waals surface area contributed by atoms with Crippen LogP contribution in [0, 0.1) is 0 Å². The summed E-state index contributed by atoms with van der Waals surface area (Å²) in [5.41, 5.74) is 1.11. The zero-order chi connectivity index (χ0) is 14.5. The summed E-state index contributed by atoms with van der Waals surface area (Å²) < 4.78 is 7.07. The summed E-state index contributed by atoms with van der Waals surface area (Å²) in [6.45, 7) is 5.76. The Balaban J connectivity index is 2.02. The molecule has 0 saturated heterocycles. The van der Waals surface area contributed by atoms with Gasteiger partial charge in [-0.15, -0.1) is 0 Å². The average molecular weight is 281 g/mol. The van der Waals surface area contributed by atoms with Crippen LogP contribution in [0.15, 0.2) is 12.3 Å². The van der Waals surface area contributed by atoms with Crippen molar-refractivity contribution in [3.63, 3.8) is 0 Å². The molecule has 4 nitrogen and oxygen atoms in total. The Morgan fingerprint density at radius 2 is 1.90 bits per heavy atom. The minimum absolute atomic E-state index is 0.749. The van der Waals surface area contributed by atoms with Gasteiger partial charge in [0.2, 0.25) is 0 Å². The van der Waals surface area contributed by atoms with E-state index in [0.717, 1.165) is 31.9 Å². The smallest absolute Gasteiger partial charge is 0.0762 e. The van der Waals surface area contributed by atoms with Gasteiger partial charge in [-0.3, -0.25) is 4.68 Å². The molecule has 0 aromatic carbocycles. The minimum atomic E-state index is 0.749. The molecule has 0 amide bonds. The maximum absolute atomic E-state index is 5.00. The molecule has 0 aliphatic carbocycles. The van der Waals surface area contributed by atoms with Crippen LogP contribution in [0.4, 0.5) is 0 Å². The molecule has 0 atom stereocenters. The lowest BCUT2D eigenvalue weighted by Gasteiger charge is -2.03. The number of ether oxygens (including phenoxy) is 1. The normalized spacial score (nSPS) is 11.1. The van der Waals surface area contributed by atoms with Crippen molar-refractivity contribution in [2.75, 3.05) is 20.3 Å². The maximum atomic E-state index is 5.00. The highest BCUT2D eigenvalue weighted by Crippen LogP contribution is 2.07. The van der Waals surface area contributed by atoms with E-state index in [0.29, 0.717) is 0 Å². The van der Waals surface area contributed by atoms with Gasteiger partial charge in [-0.25, -0.2) is 0 Å². The molecule has 116 valence electrons. The largest absolute Gasteiger partial charge is 0.383 e. The summed E-state index contributed by atoms with van der Waals surface area (Å²) >= 11 is 0. The van der Waals surface area contributed by atoms with Gasteiger partial charge in [-0.2, -0.15) is 5.10 Å². The molecule has 0 fully saturated rings. The van der Waals surface area contributed by atoms with E-state index in [-0.39, 0.29) is 0 Å². The fourth-order valence-electron chi connectivity index (χ4n) is 2.24. The first-order valence-corrected chi connectivity index (χ1v) is 8.08. The van der Waals surface area contributed by atoms with Crippen LogP contribution < -0.4 is 5.32 Å². The second-order valence-electron chi connectivity index (χ2n) is 5.36. The monoisotopic (exact) mass is 281 g/mol. The Labute approximate surface area is 123 Å². The second kappa shape index (κ2) is 11.9. The number of hydrogen-bond donors (Lipinski definition) is 1. The quantitative estimate of drug-likeness (QED) is 0.563. The SMILES string of the molecule is CCCCCCCCCn1ccc(CNCCOC)n1. The molecule has 0 unspecified atom stereocenters. The van der Waals surface area contributed by atoms with Gasteiger partial charge in [-0.1, -0.05) is 45.4 Å². The van der Waals surface area contributed by atoms with Crippen molar-refractivity contribution >= 4 is 0 Å². The first kappa shape index (κ1) is 17.2. The van der Waals surface area contributed by atoms with Gasteiger partial charge in [0.25, 0.3) is 0 Å². The molecular formula is C16H31N3O. The molecule has 1 heterocycles. The third-order valence-electron chi connectivity index (χ3n) is 3.48. The number of methoxy groups -OCH3 is 1. The Hall–Kier alpha value is -0.870. The zero-order valence-corrected chi connectivity index (χ0v) is 13.2. The highest BCUT2D eigenvalue weighted by Gasteiger charge is 1.99. The minimum Gasteiger partial charge on any atom is -0.383 e. The van der Waals surface area contributed by atoms with Crippen molar-refractivity contribution < 1.29 is 4.74 Å². The van der Waals surface area contributed by atoms with Crippen LogP contribution >= 0.6 is 0 Å². The van der Waals surface area contributed by atoms with Crippen LogP contribution in [0.3, 0.4) is 0 Å². The molecule has 0 bridgehead atoms. The van der Waals surface area contributed by atoms with Crippen molar-refractivity contribution in [3.8, 4) is 0 Å². The van der Waals surface area contributed by atoms with Gasteiger partial charge in [0.15, 0.2) is 0 Å². The molecule has 0 aliphatic rings. The summed E-state index contributed by atoms with van der Waals surface area (Å²) in [7, 11) is 1.72. The molecule has 4 heteroatoms. The summed E-state index contributed by atoms with van der Waals surface area (Å²) in [4.78, 5) is 0. The zero-order valence-electron chi connectivity index (χ0n) is 13.2. The van der Waals surface area contributed by atoms with Crippen LogP contribution in [0.1, 0.15) is 57.6 Å². The lowest BCUT2D eigenvalue weighted by atomic mass is 10.1. The van der Waals surface area contributed by atoms with Gasteiger partial charge < -0.3 is 10.1 Å². The number of unbranched alkanes of at least 4 members (excludes halogenated alkanes) is 6. The van der Waals surface area contributed by atoms with E-state index in [1.807, 2.05) is 0 Å². The maximum Gasteiger partial charge on any atom is 0.0762 e. The average Bonchev–Trinajstić information content (AvgIpc) is 2.90. The number of nitrogens with zero attached hydrogens (tertiary/aromatic N) is 2. The molecule has 1 rings (SSSR count). The van der Waals surface area contributed by atoms with E-state index in [9.17, 15) is 0 Å². The Morgan fingerprint density at radius 1 is 1.15 bits per heavy atom. The standard InChI is InChI=1S/C16H31N3O/c1-3-4-5-6-7-8-9-12-19-13-10-16(18-19)15-17-11-14-20-2/h10,13,17H,3-9,11-12,14-15H2,1-2H3.